The monoisotopic (exact) mass is 460 g/mol. The molecule has 0 aliphatic heterocycles. The van der Waals surface area contributed by atoms with Crippen LogP contribution in [0.3, 0.4) is 0 Å². The van der Waals surface area contributed by atoms with Gasteiger partial charge in [-0.1, -0.05) is 6.07 Å². The van der Waals surface area contributed by atoms with Crippen LogP contribution in [0.2, 0.25) is 0 Å². The topological polar surface area (TPSA) is 83.6 Å². The first-order chi connectivity index (χ1) is 15.3. The minimum atomic E-state index is -0.969. The smallest absolute Gasteiger partial charge is 0.243 e. The lowest BCUT2D eigenvalue weighted by molar-refractivity contribution is -0.122. The van der Waals surface area contributed by atoms with E-state index in [9.17, 15) is 18.4 Å². The van der Waals surface area contributed by atoms with Gasteiger partial charge in [-0.25, -0.2) is 13.8 Å². The van der Waals surface area contributed by atoms with Crippen molar-refractivity contribution in [3.63, 3.8) is 0 Å². The highest BCUT2D eigenvalue weighted by Gasteiger charge is 2.21. The summed E-state index contributed by atoms with van der Waals surface area (Å²) in [6.45, 7) is 1.65. The summed E-state index contributed by atoms with van der Waals surface area (Å²) in [4.78, 5) is 30.8. The number of thiazole rings is 1. The van der Waals surface area contributed by atoms with Gasteiger partial charge in [-0.2, -0.15) is 0 Å². The number of methoxy groups -OCH3 is 1. The molecule has 10 heteroatoms. The zero-order valence-electron chi connectivity index (χ0n) is 17.7. The SMILES string of the molecule is COc1cccc(NC(=O)CN(C)C(C)C(=O)Nc2nc(-c3ccc(F)c(F)c3)cs2)c1. The van der Waals surface area contributed by atoms with Crippen LogP contribution in [-0.2, 0) is 9.59 Å². The number of rotatable bonds is 8. The molecule has 0 bridgehead atoms. The molecule has 0 radical (unpaired) electrons. The van der Waals surface area contributed by atoms with Crippen molar-refractivity contribution >= 4 is 34.0 Å². The number of anilines is 2. The number of nitrogens with zero attached hydrogens (tertiary/aromatic N) is 2. The van der Waals surface area contributed by atoms with Crippen LogP contribution in [0.4, 0.5) is 19.6 Å². The molecule has 0 saturated heterocycles. The van der Waals surface area contributed by atoms with Gasteiger partial charge in [0.25, 0.3) is 0 Å². The van der Waals surface area contributed by atoms with Crippen LogP contribution in [0.1, 0.15) is 6.92 Å². The van der Waals surface area contributed by atoms with Gasteiger partial charge in [-0.3, -0.25) is 14.5 Å². The molecule has 1 heterocycles. The molecule has 168 valence electrons. The Morgan fingerprint density at radius 1 is 1.16 bits per heavy atom. The number of hydrogen-bond acceptors (Lipinski definition) is 6. The van der Waals surface area contributed by atoms with Crippen LogP contribution < -0.4 is 15.4 Å². The van der Waals surface area contributed by atoms with E-state index in [0.29, 0.717) is 27.8 Å². The Bertz CT molecular complexity index is 1120. The van der Waals surface area contributed by atoms with Crippen molar-refractivity contribution in [3.05, 3.63) is 59.5 Å². The Hall–Kier alpha value is -3.37. The number of benzene rings is 2. The Labute approximate surface area is 188 Å². The Morgan fingerprint density at radius 2 is 1.94 bits per heavy atom. The lowest BCUT2D eigenvalue weighted by Crippen LogP contribution is -2.43. The first kappa shape index (κ1) is 23.3. The van der Waals surface area contributed by atoms with Crippen LogP contribution in [0.25, 0.3) is 11.3 Å². The van der Waals surface area contributed by atoms with E-state index < -0.39 is 17.7 Å². The van der Waals surface area contributed by atoms with E-state index in [1.165, 1.54) is 6.07 Å². The molecular formula is C22H22F2N4O3S. The number of nitrogens with one attached hydrogen (secondary N) is 2. The molecule has 32 heavy (non-hydrogen) atoms. The van der Waals surface area contributed by atoms with Gasteiger partial charge in [0.1, 0.15) is 5.75 Å². The van der Waals surface area contributed by atoms with E-state index in [4.69, 9.17) is 4.74 Å². The van der Waals surface area contributed by atoms with Gasteiger partial charge in [0.05, 0.1) is 25.4 Å². The second kappa shape index (κ2) is 10.3. The third kappa shape index (κ3) is 5.86. The summed E-state index contributed by atoms with van der Waals surface area (Å²) < 4.78 is 31.7. The largest absolute Gasteiger partial charge is 0.497 e. The molecule has 0 saturated carbocycles. The molecule has 1 atom stereocenters. The summed E-state index contributed by atoms with van der Waals surface area (Å²) in [5.41, 5.74) is 1.41. The molecule has 3 rings (SSSR count). The first-order valence-electron chi connectivity index (χ1n) is 9.62. The highest BCUT2D eigenvalue weighted by molar-refractivity contribution is 7.14. The zero-order valence-corrected chi connectivity index (χ0v) is 18.5. The van der Waals surface area contributed by atoms with E-state index in [2.05, 4.69) is 15.6 Å². The maximum atomic E-state index is 13.4. The average Bonchev–Trinajstić information content (AvgIpc) is 3.23. The Morgan fingerprint density at radius 3 is 2.66 bits per heavy atom. The van der Waals surface area contributed by atoms with Crippen LogP contribution in [0, 0.1) is 11.6 Å². The molecular weight excluding hydrogens is 438 g/mol. The third-order valence-electron chi connectivity index (χ3n) is 4.74. The van der Waals surface area contributed by atoms with Gasteiger partial charge < -0.3 is 15.4 Å². The summed E-state index contributed by atoms with van der Waals surface area (Å²) in [7, 11) is 3.20. The minimum Gasteiger partial charge on any atom is -0.497 e. The van der Waals surface area contributed by atoms with E-state index in [0.717, 1.165) is 23.5 Å². The van der Waals surface area contributed by atoms with Gasteiger partial charge in [-0.05, 0) is 44.3 Å². The summed E-state index contributed by atoms with van der Waals surface area (Å²) in [5.74, 6) is -1.92. The average molecular weight is 461 g/mol. The summed E-state index contributed by atoms with van der Waals surface area (Å²) in [5, 5.41) is 7.40. The zero-order chi connectivity index (χ0) is 23.3. The second-order valence-electron chi connectivity index (χ2n) is 7.03. The maximum absolute atomic E-state index is 13.4. The molecule has 2 aromatic carbocycles. The second-order valence-corrected chi connectivity index (χ2v) is 7.89. The van der Waals surface area contributed by atoms with Crippen molar-refractivity contribution in [1.29, 1.82) is 0 Å². The molecule has 0 spiro atoms. The van der Waals surface area contributed by atoms with Crippen LogP contribution in [0.15, 0.2) is 47.8 Å². The predicted molar refractivity (Wildman–Crippen MR) is 120 cm³/mol. The first-order valence-corrected chi connectivity index (χ1v) is 10.5. The standard InChI is InChI=1S/C22H22F2N4O3S/c1-13(28(2)11-20(29)25-15-5-4-6-16(10-15)31-3)21(30)27-22-26-19(12-32-22)14-7-8-17(23)18(24)9-14/h4-10,12-13H,11H2,1-3H3,(H,25,29)(H,26,27,30). The van der Waals surface area contributed by atoms with Crippen molar-refractivity contribution in [2.45, 2.75) is 13.0 Å². The fraction of sp³-hybridized carbons (Fsp3) is 0.227. The normalized spacial score (nSPS) is 11.8. The third-order valence-corrected chi connectivity index (χ3v) is 5.49. The molecule has 1 unspecified atom stereocenters. The summed E-state index contributed by atoms with van der Waals surface area (Å²) >= 11 is 1.16. The number of amides is 2. The van der Waals surface area contributed by atoms with Gasteiger partial charge in [0, 0.05) is 22.7 Å². The summed E-state index contributed by atoms with van der Waals surface area (Å²) in [6, 6.07) is 9.83. The fourth-order valence-corrected chi connectivity index (χ4v) is 3.52. The van der Waals surface area contributed by atoms with Crippen LogP contribution in [-0.4, -0.2) is 48.4 Å². The molecule has 3 aromatic rings. The number of hydrogen-bond donors (Lipinski definition) is 2. The highest BCUT2D eigenvalue weighted by Crippen LogP contribution is 2.26. The van der Waals surface area contributed by atoms with Crippen LogP contribution in [0.5, 0.6) is 5.75 Å². The molecule has 7 nitrogen and oxygen atoms in total. The number of carbonyl (C=O) groups excluding carboxylic acids is 2. The molecule has 0 aliphatic rings. The molecule has 2 amide bonds. The van der Waals surface area contributed by atoms with Gasteiger partial charge in [0.2, 0.25) is 11.8 Å². The minimum absolute atomic E-state index is 0.0101. The van der Waals surface area contributed by atoms with Crippen LogP contribution >= 0.6 is 11.3 Å². The molecule has 0 fully saturated rings. The maximum Gasteiger partial charge on any atom is 0.243 e. The van der Waals surface area contributed by atoms with Gasteiger partial charge >= 0.3 is 0 Å². The van der Waals surface area contributed by atoms with Crippen molar-refractivity contribution < 1.29 is 23.1 Å². The Balaban J connectivity index is 1.56. The number of halogens is 2. The van der Waals surface area contributed by atoms with Crippen molar-refractivity contribution in [2.24, 2.45) is 0 Å². The molecule has 0 aliphatic carbocycles. The van der Waals surface area contributed by atoms with Crippen molar-refractivity contribution in [2.75, 3.05) is 31.3 Å². The van der Waals surface area contributed by atoms with E-state index in [1.54, 1.807) is 55.6 Å². The number of ether oxygens (including phenoxy) is 1. The van der Waals surface area contributed by atoms with Crippen molar-refractivity contribution in [1.82, 2.24) is 9.88 Å². The van der Waals surface area contributed by atoms with Gasteiger partial charge in [0.15, 0.2) is 16.8 Å². The molecule has 1 aromatic heterocycles. The number of aromatic nitrogens is 1. The van der Waals surface area contributed by atoms with Gasteiger partial charge in [-0.15, -0.1) is 11.3 Å². The lowest BCUT2D eigenvalue weighted by Gasteiger charge is -2.22. The highest BCUT2D eigenvalue weighted by atomic mass is 32.1. The molecule has 2 N–H and O–H groups in total. The number of likely N-dealkylation sites (N-methyl/N-ethyl adjacent to an activating group) is 1. The van der Waals surface area contributed by atoms with E-state index in [-0.39, 0.29) is 18.4 Å². The predicted octanol–water partition coefficient (Wildman–Crippen LogP) is 3.99. The fourth-order valence-electron chi connectivity index (χ4n) is 2.79. The number of carbonyl (C=O) groups is 2. The van der Waals surface area contributed by atoms with E-state index >= 15 is 0 Å². The Kier molecular flexibility index (Phi) is 7.49. The quantitative estimate of drug-likeness (QED) is 0.531. The lowest BCUT2D eigenvalue weighted by atomic mass is 10.2. The van der Waals surface area contributed by atoms with Crippen molar-refractivity contribution in [3.8, 4) is 17.0 Å². The van der Waals surface area contributed by atoms with E-state index in [1.807, 2.05) is 0 Å². The summed E-state index contributed by atoms with van der Waals surface area (Å²) in [6.07, 6.45) is 0.